The minimum Gasteiger partial charge on any atom is -0.396 e. The molecular formula is C14H20N2O2S. The highest BCUT2D eigenvalue weighted by Gasteiger charge is 2.29. The van der Waals surface area contributed by atoms with Crippen LogP contribution >= 0.6 is 11.8 Å². The van der Waals surface area contributed by atoms with E-state index in [-0.39, 0.29) is 24.5 Å². The Bertz CT molecular complexity index is 465. The molecule has 0 aromatic heterocycles. The summed E-state index contributed by atoms with van der Waals surface area (Å²) in [5.74, 6) is 1.17. The average molecular weight is 280 g/mol. The van der Waals surface area contributed by atoms with Crippen LogP contribution in [0.3, 0.4) is 0 Å². The zero-order valence-corrected chi connectivity index (χ0v) is 12.1. The summed E-state index contributed by atoms with van der Waals surface area (Å²) in [5, 5.41) is 15.1. The van der Waals surface area contributed by atoms with Crippen molar-refractivity contribution < 1.29 is 9.90 Å². The summed E-state index contributed by atoms with van der Waals surface area (Å²) in [7, 11) is 0. The summed E-state index contributed by atoms with van der Waals surface area (Å²) in [6.45, 7) is 4.98. The predicted octanol–water partition coefficient (Wildman–Crippen LogP) is 2.01. The van der Waals surface area contributed by atoms with Gasteiger partial charge in [0.05, 0.1) is 0 Å². The third kappa shape index (κ3) is 3.29. The summed E-state index contributed by atoms with van der Waals surface area (Å²) in [6.07, 6.45) is 0. The Kier molecular flexibility index (Phi) is 4.85. The Labute approximate surface area is 118 Å². The Morgan fingerprint density at radius 2 is 2.32 bits per heavy atom. The van der Waals surface area contributed by atoms with Gasteiger partial charge in [-0.15, -0.1) is 11.8 Å². The fourth-order valence-corrected chi connectivity index (χ4v) is 2.98. The molecule has 0 bridgehead atoms. The lowest BCUT2D eigenvalue weighted by Crippen LogP contribution is -2.27. The molecule has 2 atom stereocenters. The number of carbonyl (C=O) groups excluding carboxylic acids is 1. The van der Waals surface area contributed by atoms with Crippen LogP contribution in [-0.4, -0.2) is 29.9 Å². The quantitative estimate of drug-likeness (QED) is 0.698. The number of carbonyl (C=O) groups is 1. The van der Waals surface area contributed by atoms with Crippen LogP contribution in [0.5, 0.6) is 0 Å². The Morgan fingerprint density at radius 1 is 1.53 bits per heavy atom. The van der Waals surface area contributed by atoms with Crippen molar-refractivity contribution in [1.82, 2.24) is 5.32 Å². The number of fused-ring (bicyclic) bond motifs is 1. The molecule has 2 rings (SSSR count). The van der Waals surface area contributed by atoms with E-state index in [1.165, 1.54) is 0 Å². The standard InChI is InChI=1S/C14H20N2O2S/c1-3-15-13-11-5-4-10(19-8-9(2)7-17)6-12(11)16-14(13)18/h4-6,9,13,15,17H,3,7-8H2,1-2H3,(H,16,18). The summed E-state index contributed by atoms with van der Waals surface area (Å²) < 4.78 is 0. The lowest BCUT2D eigenvalue weighted by atomic mass is 10.1. The fraction of sp³-hybridized carbons (Fsp3) is 0.500. The van der Waals surface area contributed by atoms with E-state index in [2.05, 4.69) is 10.6 Å². The third-order valence-electron chi connectivity index (χ3n) is 3.11. The van der Waals surface area contributed by atoms with Crippen LogP contribution in [0.4, 0.5) is 5.69 Å². The van der Waals surface area contributed by atoms with E-state index in [1.807, 2.05) is 32.0 Å². The largest absolute Gasteiger partial charge is 0.396 e. The molecule has 0 saturated carbocycles. The molecule has 3 N–H and O–H groups in total. The number of hydrogen-bond acceptors (Lipinski definition) is 4. The van der Waals surface area contributed by atoms with Gasteiger partial charge in [-0.05, 0) is 24.6 Å². The zero-order chi connectivity index (χ0) is 13.8. The van der Waals surface area contributed by atoms with Crippen LogP contribution in [-0.2, 0) is 4.79 Å². The molecule has 1 aromatic rings. The van der Waals surface area contributed by atoms with Gasteiger partial charge in [0.25, 0.3) is 0 Å². The molecule has 4 nitrogen and oxygen atoms in total. The molecule has 19 heavy (non-hydrogen) atoms. The van der Waals surface area contributed by atoms with Gasteiger partial charge in [0.2, 0.25) is 5.91 Å². The number of amides is 1. The molecule has 1 aliphatic heterocycles. The van der Waals surface area contributed by atoms with Crippen molar-refractivity contribution in [3.63, 3.8) is 0 Å². The topological polar surface area (TPSA) is 61.4 Å². The number of rotatable bonds is 6. The Balaban J connectivity index is 2.09. The summed E-state index contributed by atoms with van der Waals surface area (Å²) in [4.78, 5) is 13.0. The van der Waals surface area contributed by atoms with Gasteiger partial charge in [-0.1, -0.05) is 19.9 Å². The molecule has 1 heterocycles. The van der Waals surface area contributed by atoms with E-state index in [9.17, 15) is 4.79 Å². The smallest absolute Gasteiger partial charge is 0.246 e. The second kappa shape index (κ2) is 6.41. The molecule has 0 spiro atoms. The number of aliphatic hydroxyl groups is 1. The maximum Gasteiger partial charge on any atom is 0.246 e. The number of nitrogens with one attached hydrogen (secondary N) is 2. The van der Waals surface area contributed by atoms with Crippen molar-refractivity contribution in [2.75, 3.05) is 24.2 Å². The number of thioether (sulfide) groups is 1. The van der Waals surface area contributed by atoms with Crippen LogP contribution in [0.25, 0.3) is 0 Å². The van der Waals surface area contributed by atoms with Crippen molar-refractivity contribution in [3.05, 3.63) is 23.8 Å². The number of anilines is 1. The monoisotopic (exact) mass is 280 g/mol. The van der Waals surface area contributed by atoms with Crippen LogP contribution in [0, 0.1) is 5.92 Å². The first-order valence-electron chi connectivity index (χ1n) is 6.57. The van der Waals surface area contributed by atoms with Gasteiger partial charge < -0.3 is 15.7 Å². The van der Waals surface area contributed by atoms with Gasteiger partial charge in [-0.3, -0.25) is 4.79 Å². The van der Waals surface area contributed by atoms with Gasteiger partial charge in [0, 0.05) is 28.5 Å². The van der Waals surface area contributed by atoms with Gasteiger partial charge in [-0.25, -0.2) is 0 Å². The van der Waals surface area contributed by atoms with E-state index in [4.69, 9.17) is 5.11 Å². The Morgan fingerprint density at radius 3 is 3.00 bits per heavy atom. The molecule has 104 valence electrons. The zero-order valence-electron chi connectivity index (χ0n) is 11.3. The van der Waals surface area contributed by atoms with Crippen molar-refractivity contribution in [3.8, 4) is 0 Å². The minimum atomic E-state index is -0.226. The average Bonchev–Trinajstić information content (AvgIpc) is 2.72. The number of hydrogen-bond donors (Lipinski definition) is 3. The van der Waals surface area contributed by atoms with Gasteiger partial charge in [-0.2, -0.15) is 0 Å². The minimum absolute atomic E-state index is 0.0164. The highest BCUT2D eigenvalue weighted by molar-refractivity contribution is 7.99. The molecule has 0 saturated heterocycles. The summed E-state index contributed by atoms with van der Waals surface area (Å²) in [6, 6.07) is 5.83. The number of likely N-dealkylation sites (N-methyl/N-ethyl adjacent to an activating group) is 1. The molecule has 2 unspecified atom stereocenters. The maximum atomic E-state index is 11.8. The van der Waals surface area contributed by atoms with E-state index < -0.39 is 0 Å². The van der Waals surface area contributed by atoms with E-state index in [0.717, 1.165) is 28.4 Å². The number of aliphatic hydroxyl groups excluding tert-OH is 1. The van der Waals surface area contributed by atoms with Crippen molar-refractivity contribution in [1.29, 1.82) is 0 Å². The first kappa shape index (κ1) is 14.4. The Hall–Kier alpha value is -1.04. The first-order valence-corrected chi connectivity index (χ1v) is 7.56. The lowest BCUT2D eigenvalue weighted by molar-refractivity contribution is -0.117. The maximum absolute atomic E-state index is 11.8. The molecular weight excluding hydrogens is 260 g/mol. The lowest BCUT2D eigenvalue weighted by Gasteiger charge is -2.10. The molecule has 1 amide bonds. The van der Waals surface area contributed by atoms with Crippen LogP contribution < -0.4 is 10.6 Å². The summed E-state index contributed by atoms with van der Waals surface area (Å²) in [5.41, 5.74) is 1.92. The van der Waals surface area contributed by atoms with Crippen LogP contribution in [0.1, 0.15) is 25.5 Å². The van der Waals surface area contributed by atoms with Gasteiger partial charge >= 0.3 is 0 Å². The fourth-order valence-electron chi connectivity index (χ4n) is 2.03. The molecule has 0 fully saturated rings. The first-order chi connectivity index (χ1) is 9.15. The molecule has 0 radical (unpaired) electrons. The van der Waals surface area contributed by atoms with Crippen LogP contribution in [0.2, 0.25) is 0 Å². The highest BCUT2D eigenvalue weighted by Crippen LogP contribution is 2.34. The molecule has 0 aliphatic carbocycles. The van der Waals surface area contributed by atoms with Crippen molar-refractivity contribution in [2.45, 2.75) is 24.8 Å². The normalized spacial score (nSPS) is 19.1. The van der Waals surface area contributed by atoms with E-state index >= 15 is 0 Å². The second-order valence-electron chi connectivity index (χ2n) is 4.83. The number of benzene rings is 1. The molecule has 1 aliphatic rings. The summed E-state index contributed by atoms with van der Waals surface area (Å²) >= 11 is 1.70. The molecule has 5 heteroatoms. The van der Waals surface area contributed by atoms with E-state index in [1.54, 1.807) is 11.8 Å². The van der Waals surface area contributed by atoms with Gasteiger partial charge in [0.1, 0.15) is 6.04 Å². The van der Waals surface area contributed by atoms with Crippen LogP contribution in [0.15, 0.2) is 23.1 Å². The third-order valence-corrected chi connectivity index (χ3v) is 4.43. The predicted molar refractivity (Wildman–Crippen MR) is 78.5 cm³/mol. The van der Waals surface area contributed by atoms with Crippen molar-refractivity contribution in [2.24, 2.45) is 5.92 Å². The van der Waals surface area contributed by atoms with E-state index in [0.29, 0.717) is 0 Å². The van der Waals surface area contributed by atoms with Gasteiger partial charge in [0.15, 0.2) is 0 Å². The highest BCUT2D eigenvalue weighted by atomic mass is 32.2. The van der Waals surface area contributed by atoms with Crippen molar-refractivity contribution >= 4 is 23.4 Å². The molecule has 1 aromatic carbocycles. The SMILES string of the molecule is CCNC1C(=O)Nc2cc(SCC(C)CO)ccc21. The second-order valence-corrected chi connectivity index (χ2v) is 5.92.